The number of hydrogen-bond donors (Lipinski definition) is 0. The third kappa shape index (κ3) is 8.52. The Labute approximate surface area is 89.0 Å². The third-order valence-corrected chi connectivity index (χ3v) is 1.87. The van der Waals surface area contributed by atoms with Crippen LogP contribution in [0.15, 0.2) is 0 Å². The molecule has 2 nitrogen and oxygen atoms in total. The molecule has 0 saturated carbocycles. The molecular weight excluding hydrogens is 176 g/mol. The predicted octanol–water partition coefficient (Wildman–Crippen LogP) is 2.84. The monoisotopic (exact) mass is 199 g/mol. The molecule has 0 heterocycles. The van der Waals surface area contributed by atoms with E-state index >= 15 is 0 Å². The van der Waals surface area contributed by atoms with Gasteiger partial charge in [0.15, 0.2) is 0 Å². The molecule has 3 radical (unpaired) electrons. The summed E-state index contributed by atoms with van der Waals surface area (Å²) in [6, 6.07) is 0. The topological polar surface area (TPSA) is 18.5 Å². The molecule has 0 aromatic heterocycles. The highest BCUT2D eigenvalue weighted by molar-refractivity contribution is 4.68. The quantitative estimate of drug-likeness (QED) is 0.504. The molecule has 0 rings (SSSR count). The van der Waals surface area contributed by atoms with Crippen molar-refractivity contribution in [2.45, 2.75) is 39.7 Å². The average molecular weight is 199 g/mol. The van der Waals surface area contributed by atoms with E-state index in [4.69, 9.17) is 9.47 Å². The lowest BCUT2D eigenvalue weighted by Gasteiger charge is -2.16. The first kappa shape index (κ1) is 13.9. The van der Waals surface area contributed by atoms with Gasteiger partial charge in [-0.05, 0) is 32.1 Å². The molecule has 0 aliphatic carbocycles. The fourth-order valence-electron chi connectivity index (χ4n) is 1.18. The zero-order valence-corrected chi connectivity index (χ0v) is 9.66. The first-order chi connectivity index (χ1) is 6.85. The van der Waals surface area contributed by atoms with Gasteiger partial charge in [-0.3, -0.25) is 0 Å². The SMILES string of the molecule is C[CH]COCCC(C[CH]C)OC[CH]C. The maximum absolute atomic E-state index is 5.63. The number of rotatable bonds is 10. The molecule has 83 valence electrons. The Hall–Kier alpha value is -0.0800. The Morgan fingerprint density at radius 3 is 2.29 bits per heavy atom. The summed E-state index contributed by atoms with van der Waals surface area (Å²) in [4.78, 5) is 0. The lowest BCUT2D eigenvalue weighted by Crippen LogP contribution is -2.16. The Kier molecular flexibility index (Phi) is 10.9. The van der Waals surface area contributed by atoms with Crippen LogP contribution in [0.5, 0.6) is 0 Å². The molecule has 0 bridgehead atoms. The lowest BCUT2D eigenvalue weighted by molar-refractivity contribution is 0.0346. The van der Waals surface area contributed by atoms with E-state index < -0.39 is 0 Å². The van der Waals surface area contributed by atoms with Crippen molar-refractivity contribution in [3.05, 3.63) is 19.3 Å². The normalized spacial score (nSPS) is 13.1. The van der Waals surface area contributed by atoms with Crippen molar-refractivity contribution < 1.29 is 9.47 Å². The molecule has 0 aliphatic rings. The van der Waals surface area contributed by atoms with Gasteiger partial charge in [0.25, 0.3) is 0 Å². The van der Waals surface area contributed by atoms with E-state index in [0.717, 1.165) is 32.7 Å². The first-order valence-electron chi connectivity index (χ1n) is 5.38. The second kappa shape index (κ2) is 11.0. The Morgan fingerprint density at radius 1 is 1.00 bits per heavy atom. The van der Waals surface area contributed by atoms with Gasteiger partial charge < -0.3 is 9.47 Å². The van der Waals surface area contributed by atoms with Gasteiger partial charge in [0, 0.05) is 19.8 Å². The molecule has 14 heavy (non-hydrogen) atoms. The molecule has 1 unspecified atom stereocenters. The van der Waals surface area contributed by atoms with Crippen molar-refractivity contribution in [1.29, 1.82) is 0 Å². The van der Waals surface area contributed by atoms with Crippen LogP contribution >= 0.6 is 0 Å². The summed E-state index contributed by atoms with van der Waals surface area (Å²) in [6.07, 6.45) is 8.49. The summed E-state index contributed by atoms with van der Waals surface area (Å²) >= 11 is 0. The van der Waals surface area contributed by atoms with E-state index in [0.29, 0.717) is 6.10 Å². The molecule has 0 aromatic rings. The molecule has 0 N–H and O–H groups in total. The van der Waals surface area contributed by atoms with Crippen LogP contribution in [0.4, 0.5) is 0 Å². The molecule has 0 spiro atoms. The maximum atomic E-state index is 5.63. The first-order valence-corrected chi connectivity index (χ1v) is 5.38. The maximum Gasteiger partial charge on any atom is 0.0599 e. The summed E-state index contributed by atoms with van der Waals surface area (Å²) in [5.74, 6) is 0. The van der Waals surface area contributed by atoms with E-state index in [1.165, 1.54) is 0 Å². The van der Waals surface area contributed by atoms with Crippen LogP contribution in [0.2, 0.25) is 0 Å². The minimum absolute atomic E-state index is 0.313. The van der Waals surface area contributed by atoms with Gasteiger partial charge in [0.1, 0.15) is 0 Å². The predicted molar refractivity (Wildman–Crippen MR) is 59.7 cm³/mol. The molecule has 0 aliphatic heterocycles. The van der Waals surface area contributed by atoms with Gasteiger partial charge in [0.05, 0.1) is 6.10 Å². The second-order valence-electron chi connectivity index (χ2n) is 3.28. The van der Waals surface area contributed by atoms with Gasteiger partial charge >= 0.3 is 0 Å². The average Bonchev–Trinajstić information content (AvgIpc) is 2.20. The fourth-order valence-corrected chi connectivity index (χ4v) is 1.18. The second-order valence-corrected chi connectivity index (χ2v) is 3.28. The highest BCUT2D eigenvalue weighted by Crippen LogP contribution is 2.07. The summed E-state index contributed by atoms with van der Waals surface area (Å²) in [6.45, 7) is 8.33. The highest BCUT2D eigenvalue weighted by Gasteiger charge is 2.07. The van der Waals surface area contributed by atoms with Crippen LogP contribution in [-0.4, -0.2) is 25.9 Å². The van der Waals surface area contributed by atoms with Crippen LogP contribution in [0.25, 0.3) is 0 Å². The van der Waals surface area contributed by atoms with Crippen molar-refractivity contribution >= 4 is 0 Å². The Balaban J connectivity index is 3.40. The van der Waals surface area contributed by atoms with Crippen LogP contribution in [0, 0.1) is 19.3 Å². The number of ether oxygens (including phenoxy) is 2. The summed E-state index contributed by atoms with van der Waals surface area (Å²) in [5, 5.41) is 0. The highest BCUT2D eigenvalue weighted by atomic mass is 16.5. The Morgan fingerprint density at radius 2 is 1.71 bits per heavy atom. The lowest BCUT2D eigenvalue weighted by atomic mass is 10.1. The summed E-state index contributed by atoms with van der Waals surface area (Å²) < 4.78 is 11.0. The minimum Gasteiger partial charge on any atom is -0.381 e. The van der Waals surface area contributed by atoms with Crippen LogP contribution < -0.4 is 0 Å². The standard InChI is InChI=1S/C12H23O2/c1-4-7-12(14-10-6-3)8-11-13-9-5-2/h4-6,12H,7-11H2,1-3H3. The van der Waals surface area contributed by atoms with E-state index in [-0.39, 0.29) is 0 Å². The van der Waals surface area contributed by atoms with Gasteiger partial charge in [0.2, 0.25) is 0 Å². The molecule has 0 fully saturated rings. The van der Waals surface area contributed by atoms with Crippen LogP contribution in [-0.2, 0) is 9.47 Å². The van der Waals surface area contributed by atoms with Crippen molar-refractivity contribution in [2.75, 3.05) is 19.8 Å². The van der Waals surface area contributed by atoms with E-state index in [1.807, 2.05) is 26.7 Å². The summed E-state index contributed by atoms with van der Waals surface area (Å²) in [5.41, 5.74) is 0. The fraction of sp³-hybridized carbons (Fsp3) is 0.750. The van der Waals surface area contributed by atoms with Crippen molar-refractivity contribution in [2.24, 2.45) is 0 Å². The van der Waals surface area contributed by atoms with Gasteiger partial charge in [-0.2, -0.15) is 0 Å². The molecule has 0 amide bonds. The zero-order chi connectivity index (χ0) is 10.6. The van der Waals surface area contributed by atoms with Crippen molar-refractivity contribution in [3.63, 3.8) is 0 Å². The molecule has 0 saturated heterocycles. The summed E-state index contributed by atoms with van der Waals surface area (Å²) in [7, 11) is 0. The Bertz CT molecular complexity index is 104. The van der Waals surface area contributed by atoms with Crippen LogP contribution in [0.3, 0.4) is 0 Å². The van der Waals surface area contributed by atoms with E-state index in [9.17, 15) is 0 Å². The van der Waals surface area contributed by atoms with Crippen molar-refractivity contribution in [3.8, 4) is 0 Å². The zero-order valence-electron chi connectivity index (χ0n) is 9.66. The largest absolute Gasteiger partial charge is 0.381 e. The smallest absolute Gasteiger partial charge is 0.0599 e. The van der Waals surface area contributed by atoms with Crippen molar-refractivity contribution in [1.82, 2.24) is 0 Å². The van der Waals surface area contributed by atoms with Gasteiger partial charge in [-0.1, -0.05) is 20.8 Å². The molecule has 2 heteroatoms. The van der Waals surface area contributed by atoms with E-state index in [2.05, 4.69) is 13.3 Å². The molecule has 0 aromatic carbocycles. The van der Waals surface area contributed by atoms with Gasteiger partial charge in [-0.15, -0.1) is 0 Å². The van der Waals surface area contributed by atoms with E-state index in [1.54, 1.807) is 0 Å². The number of hydrogen-bond acceptors (Lipinski definition) is 2. The molecule has 1 atom stereocenters. The van der Waals surface area contributed by atoms with Gasteiger partial charge in [-0.25, -0.2) is 0 Å². The third-order valence-electron chi connectivity index (χ3n) is 1.87. The van der Waals surface area contributed by atoms with Crippen LogP contribution in [0.1, 0.15) is 33.6 Å². The molecular formula is C12H23O2. The minimum atomic E-state index is 0.313.